The first-order valence-corrected chi connectivity index (χ1v) is 12.8. The highest BCUT2D eigenvalue weighted by atomic mass is 16.4. The number of carboxylic acid groups (broad SMARTS) is 2. The molecule has 40 heavy (non-hydrogen) atoms. The minimum Gasteiger partial charge on any atom is -0.478 e. The van der Waals surface area contributed by atoms with E-state index in [-0.39, 0.29) is 23.0 Å². The van der Waals surface area contributed by atoms with Crippen LogP contribution in [0.15, 0.2) is 77.9 Å². The van der Waals surface area contributed by atoms with E-state index in [4.69, 9.17) is 5.11 Å². The largest absolute Gasteiger partial charge is 0.478 e. The third-order valence-corrected chi connectivity index (χ3v) is 7.50. The second-order valence-corrected chi connectivity index (χ2v) is 9.86. The maximum Gasteiger partial charge on any atom is 0.354 e. The summed E-state index contributed by atoms with van der Waals surface area (Å²) in [6, 6.07) is 17.8. The van der Waals surface area contributed by atoms with Crippen molar-refractivity contribution in [3.63, 3.8) is 0 Å². The minimum absolute atomic E-state index is 0.0996. The first-order chi connectivity index (χ1) is 19.3. The van der Waals surface area contributed by atoms with Crippen LogP contribution in [0.3, 0.4) is 0 Å². The van der Waals surface area contributed by atoms with E-state index >= 15 is 0 Å². The fourth-order valence-electron chi connectivity index (χ4n) is 5.40. The number of pyridine rings is 1. The average Bonchev–Trinajstić information content (AvgIpc) is 3.64. The number of likely N-dealkylation sites (tertiary alicyclic amines) is 1. The van der Waals surface area contributed by atoms with Crippen LogP contribution in [-0.2, 0) is 13.6 Å². The Morgan fingerprint density at radius 3 is 2.30 bits per heavy atom. The molecular weight excluding hydrogens is 512 g/mol. The Morgan fingerprint density at radius 2 is 1.65 bits per heavy atom. The van der Waals surface area contributed by atoms with Gasteiger partial charge in [-0.2, -0.15) is 0 Å². The lowest BCUT2D eigenvalue weighted by Crippen LogP contribution is -2.29. The minimum atomic E-state index is -1.02. The molecule has 11 heteroatoms. The summed E-state index contributed by atoms with van der Waals surface area (Å²) < 4.78 is 5.01. The van der Waals surface area contributed by atoms with Crippen LogP contribution in [0, 0.1) is 0 Å². The molecule has 2 N–H and O–H groups in total. The van der Waals surface area contributed by atoms with Crippen LogP contribution in [0.1, 0.15) is 39.1 Å². The van der Waals surface area contributed by atoms with Crippen LogP contribution in [0.25, 0.3) is 28.0 Å². The highest BCUT2D eigenvalue weighted by molar-refractivity contribution is 5.88. The molecule has 0 spiro atoms. The van der Waals surface area contributed by atoms with Gasteiger partial charge in [0.05, 0.1) is 35.6 Å². The fourth-order valence-corrected chi connectivity index (χ4v) is 5.40. The normalized spacial score (nSPS) is 15.6. The summed E-state index contributed by atoms with van der Waals surface area (Å²) in [7, 11) is 1.69. The van der Waals surface area contributed by atoms with Gasteiger partial charge in [0.15, 0.2) is 5.65 Å². The summed E-state index contributed by atoms with van der Waals surface area (Å²) in [6.07, 6.45) is 3.79. The third kappa shape index (κ3) is 4.35. The topological polar surface area (TPSA) is 135 Å². The zero-order valence-corrected chi connectivity index (χ0v) is 21.6. The lowest BCUT2D eigenvalue weighted by Gasteiger charge is -2.16. The smallest absolute Gasteiger partial charge is 0.354 e. The molecule has 0 saturated carbocycles. The number of fused-ring (bicyclic) bond motifs is 1. The number of rotatable bonds is 7. The van der Waals surface area contributed by atoms with E-state index in [1.807, 2.05) is 36.4 Å². The molecule has 0 radical (unpaired) electrons. The maximum atomic E-state index is 13.9. The molecule has 0 aliphatic carbocycles. The second kappa shape index (κ2) is 9.93. The van der Waals surface area contributed by atoms with Crippen molar-refractivity contribution in [3.8, 4) is 16.8 Å². The van der Waals surface area contributed by atoms with Crippen molar-refractivity contribution in [2.45, 2.75) is 19.0 Å². The molecule has 0 bridgehead atoms. The lowest BCUT2D eigenvalue weighted by atomic mass is 10.0. The summed E-state index contributed by atoms with van der Waals surface area (Å²) in [5.74, 6) is -1.33. The van der Waals surface area contributed by atoms with Crippen LogP contribution >= 0.6 is 0 Å². The van der Waals surface area contributed by atoms with Gasteiger partial charge in [-0.05, 0) is 53.9 Å². The molecule has 1 fully saturated rings. The molecule has 11 nitrogen and oxygen atoms in total. The SMILES string of the molecule is Cn1c(C(=O)O)cnc1CN1CCC(n2c(=O)n(-c3ccc(-c4ccc(C(=O)O)cc4)cc3)c3cccnc32)C1. The zero-order chi connectivity index (χ0) is 28.0. The fraction of sp³-hybridized carbons (Fsp3) is 0.207. The molecule has 3 aromatic heterocycles. The van der Waals surface area contributed by atoms with Crippen molar-refractivity contribution in [1.29, 1.82) is 0 Å². The molecule has 5 aromatic rings. The van der Waals surface area contributed by atoms with E-state index in [1.54, 1.807) is 51.2 Å². The predicted molar refractivity (Wildman–Crippen MR) is 147 cm³/mol. The monoisotopic (exact) mass is 538 g/mol. The Labute approximate surface area is 228 Å². The molecule has 6 rings (SSSR count). The first kappa shape index (κ1) is 25.3. The van der Waals surface area contributed by atoms with Gasteiger partial charge in [-0.3, -0.25) is 14.0 Å². The van der Waals surface area contributed by atoms with Gasteiger partial charge in [0, 0.05) is 26.3 Å². The van der Waals surface area contributed by atoms with Gasteiger partial charge in [-0.15, -0.1) is 0 Å². The number of aromatic carboxylic acids is 2. The number of hydrogen-bond acceptors (Lipinski definition) is 6. The highest BCUT2D eigenvalue weighted by Crippen LogP contribution is 2.27. The standard InChI is InChI=1S/C29H26N6O5/c1-32-24(28(38)39)15-31-25(32)17-33-14-12-22(16-33)35-26-23(3-2-13-30-26)34(29(35)40)21-10-8-19(9-11-21)18-4-6-20(7-5-18)27(36)37/h2-11,13,15,22H,12,14,16-17H2,1H3,(H,36,37)(H,38,39). The number of hydrogen-bond donors (Lipinski definition) is 2. The van der Waals surface area contributed by atoms with Gasteiger partial charge >= 0.3 is 17.6 Å². The van der Waals surface area contributed by atoms with E-state index in [2.05, 4.69) is 14.9 Å². The average molecular weight is 539 g/mol. The quantitative estimate of drug-likeness (QED) is 0.322. The Morgan fingerprint density at radius 1 is 0.950 bits per heavy atom. The van der Waals surface area contributed by atoms with Crippen molar-refractivity contribution < 1.29 is 19.8 Å². The molecule has 1 aliphatic rings. The van der Waals surface area contributed by atoms with E-state index < -0.39 is 11.9 Å². The Kier molecular flexibility index (Phi) is 6.27. The van der Waals surface area contributed by atoms with Crippen LogP contribution in [0.5, 0.6) is 0 Å². The predicted octanol–water partition coefficient (Wildman–Crippen LogP) is 3.43. The number of carbonyl (C=O) groups is 2. The summed E-state index contributed by atoms with van der Waals surface area (Å²) in [5.41, 5.74) is 3.99. The number of aromatic nitrogens is 5. The van der Waals surface area contributed by atoms with Crippen molar-refractivity contribution in [2.75, 3.05) is 13.1 Å². The van der Waals surface area contributed by atoms with Crippen molar-refractivity contribution in [3.05, 3.63) is 101 Å². The van der Waals surface area contributed by atoms with Gasteiger partial charge in [-0.1, -0.05) is 24.3 Å². The number of benzene rings is 2. The number of imidazole rings is 2. The van der Waals surface area contributed by atoms with Gasteiger partial charge in [-0.25, -0.2) is 24.4 Å². The van der Waals surface area contributed by atoms with E-state index in [9.17, 15) is 19.5 Å². The summed E-state index contributed by atoms with van der Waals surface area (Å²) in [4.78, 5) is 47.4. The van der Waals surface area contributed by atoms with Crippen LogP contribution in [0.4, 0.5) is 0 Å². The second-order valence-electron chi connectivity index (χ2n) is 9.86. The van der Waals surface area contributed by atoms with Gasteiger partial charge < -0.3 is 14.8 Å². The van der Waals surface area contributed by atoms with Gasteiger partial charge in [0.1, 0.15) is 11.5 Å². The molecule has 1 unspecified atom stereocenters. The van der Waals surface area contributed by atoms with Gasteiger partial charge in [0.25, 0.3) is 0 Å². The number of nitrogens with zero attached hydrogens (tertiary/aromatic N) is 6. The molecular formula is C29H26N6O5. The molecule has 1 atom stereocenters. The third-order valence-electron chi connectivity index (χ3n) is 7.50. The van der Waals surface area contributed by atoms with E-state index in [0.717, 1.165) is 24.1 Å². The van der Waals surface area contributed by atoms with Crippen LogP contribution in [0.2, 0.25) is 0 Å². The zero-order valence-electron chi connectivity index (χ0n) is 21.6. The lowest BCUT2D eigenvalue weighted by molar-refractivity contribution is 0.0679. The van der Waals surface area contributed by atoms with Crippen LogP contribution < -0.4 is 5.69 Å². The van der Waals surface area contributed by atoms with Crippen LogP contribution in [-0.4, -0.2) is 63.8 Å². The molecule has 0 amide bonds. The van der Waals surface area contributed by atoms with E-state index in [0.29, 0.717) is 35.8 Å². The van der Waals surface area contributed by atoms with Gasteiger partial charge in [0.2, 0.25) is 0 Å². The molecule has 1 aliphatic heterocycles. The van der Waals surface area contributed by atoms with Crippen molar-refractivity contribution >= 4 is 23.1 Å². The summed E-state index contributed by atoms with van der Waals surface area (Å²) in [6.45, 7) is 1.83. The van der Waals surface area contributed by atoms with E-state index in [1.165, 1.54) is 6.20 Å². The molecule has 202 valence electrons. The molecule has 2 aromatic carbocycles. The number of carboxylic acids is 2. The molecule has 4 heterocycles. The highest BCUT2D eigenvalue weighted by Gasteiger charge is 2.30. The Hall–Kier alpha value is -5.03. The Bertz CT molecular complexity index is 1800. The Balaban J connectivity index is 1.29. The summed E-state index contributed by atoms with van der Waals surface area (Å²) >= 11 is 0. The van der Waals surface area contributed by atoms with Crippen molar-refractivity contribution in [2.24, 2.45) is 7.05 Å². The first-order valence-electron chi connectivity index (χ1n) is 12.8. The summed E-state index contributed by atoms with van der Waals surface area (Å²) in [5, 5.41) is 18.5. The molecule has 1 saturated heterocycles. The van der Waals surface area contributed by atoms with Crippen molar-refractivity contribution in [1.82, 2.24) is 28.6 Å². The maximum absolute atomic E-state index is 13.9.